The van der Waals surface area contributed by atoms with Gasteiger partial charge in [0.1, 0.15) is 0 Å². The Morgan fingerprint density at radius 2 is 2.21 bits per heavy atom. The number of Topliss-reactive ketones (excluding diaryl/α,β-unsaturated/α-hetero) is 1. The number of carbonyl (C=O) groups is 2. The first-order valence-electron chi connectivity index (χ1n) is 8.26. The number of hydrogen-bond donors (Lipinski definition) is 1. The van der Waals surface area contributed by atoms with Crippen LogP contribution in [-0.2, 0) is 14.3 Å². The monoisotopic (exact) mass is 332 g/mol. The maximum atomic E-state index is 12.5. The van der Waals surface area contributed by atoms with Crippen molar-refractivity contribution in [2.75, 3.05) is 13.2 Å². The fourth-order valence-corrected chi connectivity index (χ4v) is 2.80. The molecule has 0 saturated heterocycles. The molecule has 1 aliphatic rings. The van der Waals surface area contributed by atoms with E-state index in [1.807, 2.05) is 19.9 Å². The van der Waals surface area contributed by atoms with Crippen molar-refractivity contribution in [3.8, 4) is 0 Å². The van der Waals surface area contributed by atoms with Crippen molar-refractivity contribution in [2.24, 2.45) is 0 Å². The van der Waals surface area contributed by atoms with Gasteiger partial charge in [0.15, 0.2) is 11.5 Å². The van der Waals surface area contributed by atoms with Crippen molar-refractivity contribution in [1.29, 1.82) is 0 Å². The van der Waals surface area contributed by atoms with Gasteiger partial charge in [0.2, 0.25) is 0 Å². The molecule has 2 heterocycles. The largest absolute Gasteiger partial charge is 0.503 e. The maximum Gasteiger partial charge on any atom is 0.290 e. The standard InChI is InChI=1S/C18H24N2O4/c1-4-14(21)15-16(13-7-5-8-19-11-13)20(18(23)17(15)22)9-6-10-24-12(2)3/h5,7-8,11-12,16,22H,4,6,9-10H2,1-3H3. The van der Waals surface area contributed by atoms with Crippen LogP contribution in [0, 0.1) is 0 Å². The summed E-state index contributed by atoms with van der Waals surface area (Å²) in [5.41, 5.74) is 0.886. The summed E-state index contributed by atoms with van der Waals surface area (Å²) in [7, 11) is 0. The Labute approximate surface area is 142 Å². The molecule has 0 aliphatic carbocycles. The summed E-state index contributed by atoms with van der Waals surface area (Å²) in [6.07, 6.45) is 4.23. The van der Waals surface area contributed by atoms with Crippen LogP contribution >= 0.6 is 0 Å². The molecule has 130 valence electrons. The van der Waals surface area contributed by atoms with Gasteiger partial charge in [-0.3, -0.25) is 14.6 Å². The average Bonchev–Trinajstić information content (AvgIpc) is 2.83. The SMILES string of the molecule is CCC(=O)C1=C(O)C(=O)N(CCCOC(C)C)C1c1cccnc1. The second-order valence-electron chi connectivity index (χ2n) is 6.00. The minimum absolute atomic E-state index is 0.122. The number of ketones is 1. The van der Waals surface area contributed by atoms with E-state index >= 15 is 0 Å². The predicted molar refractivity (Wildman–Crippen MR) is 89.3 cm³/mol. The summed E-state index contributed by atoms with van der Waals surface area (Å²) in [6, 6.07) is 2.98. The minimum Gasteiger partial charge on any atom is -0.503 e. The van der Waals surface area contributed by atoms with Crippen molar-refractivity contribution < 1.29 is 19.4 Å². The summed E-state index contributed by atoms with van der Waals surface area (Å²) < 4.78 is 5.51. The molecular weight excluding hydrogens is 308 g/mol. The third kappa shape index (κ3) is 3.82. The van der Waals surface area contributed by atoms with Gasteiger partial charge in [-0.2, -0.15) is 0 Å². The predicted octanol–water partition coefficient (Wildman–Crippen LogP) is 2.57. The maximum absolute atomic E-state index is 12.5. The number of nitrogens with zero attached hydrogens (tertiary/aromatic N) is 2. The molecule has 1 N–H and O–H groups in total. The second-order valence-corrected chi connectivity index (χ2v) is 6.00. The van der Waals surface area contributed by atoms with Crippen molar-refractivity contribution in [2.45, 2.75) is 45.8 Å². The number of aliphatic hydroxyl groups is 1. The number of hydrogen-bond acceptors (Lipinski definition) is 5. The third-order valence-corrected chi connectivity index (χ3v) is 3.92. The van der Waals surface area contributed by atoms with E-state index in [1.54, 1.807) is 25.4 Å². The number of amides is 1. The molecule has 0 spiro atoms. The first-order chi connectivity index (χ1) is 11.5. The molecule has 1 amide bonds. The zero-order valence-electron chi connectivity index (χ0n) is 14.4. The van der Waals surface area contributed by atoms with E-state index in [0.29, 0.717) is 19.6 Å². The van der Waals surface area contributed by atoms with Crippen LogP contribution in [0.1, 0.15) is 45.2 Å². The fourth-order valence-electron chi connectivity index (χ4n) is 2.80. The number of carbonyl (C=O) groups excluding carboxylic acids is 2. The lowest BCUT2D eigenvalue weighted by Crippen LogP contribution is -2.32. The second kappa shape index (κ2) is 8.06. The van der Waals surface area contributed by atoms with Crippen molar-refractivity contribution in [3.63, 3.8) is 0 Å². The van der Waals surface area contributed by atoms with Gasteiger partial charge in [-0.1, -0.05) is 13.0 Å². The molecular formula is C18H24N2O4. The van der Waals surface area contributed by atoms with Crippen LogP contribution in [0.5, 0.6) is 0 Å². The van der Waals surface area contributed by atoms with Crippen LogP contribution in [0.4, 0.5) is 0 Å². The Morgan fingerprint density at radius 3 is 2.79 bits per heavy atom. The van der Waals surface area contributed by atoms with Crippen LogP contribution in [-0.4, -0.2) is 45.9 Å². The number of pyridine rings is 1. The van der Waals surface area contributed by atoms with Gasteiger partial charge in [-0.25, -0.2) is 0 Å². The number of rotatable bonds is 8. The summed E-state index contributed by atoms with van der Waals surface area (Å²) >= 11 is 0. The molecule has 0 bridgehead atoms. The average molecular weight is 332 g/mol. The molecule has 1 aliphatic heterocycles. The molecule has 2 rings (SSSR count). The van der Waals surface area contributed by atoms with E-state index in [0.717, 1.165) is 5.56 Å². The lowest BCUT2D eigenvalue weighted by atomic mass is 9.96. The van der Waals surface area contributed by atoms with Crippen molar-refractivity contribution in [1.82, 2.24) is 9.88 Å². The Kier molecular flexibility index (Phi) is 6.09. The fraction of sp³-hybridized carbons (Fsp3) is 0.500. The van der Waals surface area contributed by atoms with Crippen molar-refractivity contribution in [3.05, 3.63) is 41.4 Å². The number of aromatic nitrogens is 1. The smallest absolute Gasteiger partial charge is 0.290 e. The van der Waals surface area contributed by atoms with Crippen LogP contribution < -0.4 is 0 Å². The molecule has 0 radical (unpaired) electrons. The van der Waals surface area contributed by atoms with Gasteiger partial charge >= 0.3 is 0 Å². The van der Waals surface area contributed by atoms with Gasteiger partial charge in [0, 0.05) is 32.0 Å². The molecule has 6 heteroatoms. The van der Waals surface area contributed by atoms with E-state index in [9.17, 15) is 14.7 Å². The van der Waals surface area contributed by atoms with E-state index in [4.69, 9.17) is 4.74 Å². The third-order valence-electron chi connectivity index (χ3n) is 3.92. The molecule has 24 heavy (non-hydrogen) atoms. The topological polar surface area (TPSA) is 79.7 Å². The summed E-state index contributed by atoms with van der Waals surface area (Å²) in [6.45, 7) is 6.52. The van der Waals surface area contributed by atoms with Gasteiger partial charge in [0.05, 0.1) is 17.7 Å². The molecule has 0 saturated carbocycles. The molecule has 0 fully saturated rings. The van der Waals surface area contributed by atoms with E-state index in [-0.39, 0.29) is 23.9 Å². The lowest BCUT2D eigenvalue weighted by molar-refractivity contribution is -0.129. The molecule has 6 nitrogen and oxygen atoms in total. The van der Waals surface area contributed by atoms with Crippen LogP contribution in [0.15, 0.2) is 35.9 Å². The van der Waals surface area contributed by atoms with Gasteiger partial charge < -0.3 is 14.7 Å². The Morgan fingerprint density at radius 1 is 1.46 bits per heavy atom. The Bertz CT molecular complexity index is 625. The molecule has 1 atom stereocenters. The summed E-state index contributed by atoms with van der Waals surface area (Å²) in [5, 5.41) is 10.2. The highest BCUT2D eigenvalue weighted by Crippen LogP contribution is 2.37. The number of ether oxygens (including phenoxy) is 1. The Hall–Kier alpha value is -2.21. The molecule has 0 aromatic carbocycles. The summed E-state index contributed by atoms with van der Waals surface area (Å²) in [5.74, 6) is -1.18. The minimum atomic E-state index is -0.585. The van der Waals surface area contributed by atoms with Crippen LogP contribution in [0.3, 0.4) is 0 Å². The van der Waals surface area contributed by atoms with Crippen molar-refractivity contribution >= 4 is 11.7 Å². The van der Waals surface area contributed by atoms with Gasteiger partial charge in [-0.05, 0) is 31.9 Å². The highest BCUT2D eigenvalue weighted by molar-refractivity contribution is 6.08. The van der Waals surface area contributed by atoms with E-state index in [2.05, 4.69) is 4.98 Å². The first kappa shape index (κ1) is 18.1. The normalized spacial score (nSPS) is 17.9. The highest BCUT2D eigenvalue weighted by Gasteiger charge is 2.42. The quantitative estimate of drug-likeness (QED) is 0.740. The summed E-state index contributed by atoms with van der Waals surface area (Å²) in [4.78, 5) is 30.3. The molecule has 1 aromatic rings. The molecule has 1 aromatic heterocycles. The van der Waals surface area contributed by atoms with Gasteiger partial charge in [0.25, 0.3) is 5.91 Å². The van der Waals surface area contributed by atoms with E-state index < -0.39 is 17.7 Å². The molecule has 1 unspecified atom stereocenters. The first-order valence-corrected chi connectivity index (χ1v) is 8.26. The zero-order valence-corrected chi connectivity index (χ0v) is 14.4. The Balaban J connectivity index is 2.26. The van der Waals surface area contributed by atoms with Crippen LogP contribution in [0.25, 0.3) is 0 Å². The van der Waals surface area contributed by atoms with Gasteiger partial charge in [-0.15, -0.1) is 0 Å². The van der Waals surface area contributed by atoms with Crippen LogP contribution in [0.2, 0.25) is 0 Å². The zero-order chi connectivity index (χ0) is 17.7. The highest BCUT2D eigenvalue weighted by atomic mass is 16.5. The lowest BCUT2D eigenvalue weighted by Gasteiger charge is -2.26. The van der Waals surface area contributed by atoms with E-state index in [1.165, 1.54) is 4.90 Å². The number of aliphatic hydroxyl groups excluding tert-OH is 1.